The number of halogens is 2. The summed E-state index contributed by atoms with van der Waals surface area (Å²) in [7, 11) is 0. The fourth-order valence-electron chi connectivity index (χ4n) is 1.57. The van der Waals surface area contributed by atoms with Crippen molar-refractivity contribution in [2.45, 2.75) is 26.3 Å². The largest absolute Gasteiger partial charge is 0.305 e. The van der Waals surface area contributed by atoms with Gasteiger partial charge in [0.1, 0.15) is 11.6 Å². The molecule has 0 bridgehead atoms. The highest BCUT2D eigenvalue weighted by Gasteiger charge is 2.27. The van der Waals surface area contributed by atoms with Gasteiger partial charge in [0.2, 0.25) is 0 Å². The van der Waals surface area contributed by atoms with Crippen molar-refractivity contribution in [1.29, 1.82) is 0 Å². The van der Waals surface area contributed by atoms with Crippen LogP contribution in [0.1, 0.15) is 31.1 Å². The third kappa shape index (κ3) is 2.85. The van der Waals surface area contributed by atoms with Gasteiger partial charge in [-0.25, -0.2) is 8.78 Å². The molecule has 0 aliphatic rings. The Labute approximate surface area is 93.7 Å². The first-order valence-corrected chi connectivity index (χ1v) is 5.12. The molecule has 0 saturated heterocycles. The van der Waals surface area contributed by atoms with Gasteiger partial charge in [-0.05, 0) is 32.5 Å². The molecule has 0 aliphatic carbocycles. The number of hydrogen-bond acceptors (Lipinski definition) is 2. The summed E-state index contributed by atoms with van der Waals surface area (Å²) in [5.41, 5.74) is -0.780. The number of Topliss-reactive ketones (excluding diaryl/α,β-unsaturated/α-hetero) is 1. The number of ketones is 1. The number of rotatable bonds is 4. The molecule has 0 amide bonds. The Bertz CT molecular complexity index is 382. The van der Waals surface area contributed by atoms with E-state index in [0.717, 1.165) is 18.2 Å². The molecule has 2 nitrogen and oxygen atoms in total. The summed E-state index contributed by atoms with van der Waals surface area (Å²) in [6.45, 7) is 5.83. The lowest BCUT2D eigenvalue weighted by molar-refractivity contribution is 0.0883. The topological polar surface area (TPSA) is 29.1 Å². The number of hydrogen-bond donors (Lipinski definition) is 1. The minimum absolute atomic E-state index is 0.0449. The second kappa shape index (κ2) is 4.70. The maximum absolute atomic E-state index is 12.9. The average molecular weight is 227 g/mol. The molecule has 0 radical (unpaired) electrons. The van der Waals surface area contributed by atoms with Crippen LogP contribution in [0.4, 0.5) is 8.78 Å². The van der Waals surface area contributed by atoms with Gasteiger partial charge in [-0.3, -0.25) is 4.79 Å². The highest BCUT2D eigenvalue weighted by Crippen LogP contribution is 2.15. The Hall–Kier alpha value is -1.29. The van der Waals surface area contributed by atoms with Gasteiger partial charge < -0.3 is 5.32 Å². The Balaban J connectivity index is 3.04. The Morgan fingerprint density at radius 3 is 2.19 bits per heavy atom. The lowest BCUT2D eigenvalue weighted by Crippen LogP contribution is -2.46. The Morgan fingerprint density at radius 2 is 1.75 bits per heavy atom. The van der Waals surface area contributed by atoms with Gasteiger partial charge in [0.05, 0.1) is 5.54 Å². The van der Waals surface area contributed by atoms with Gasteiger partial charge in [-0.2, -0.15) is 0 Å². The summed E-state index contributed by atoms with van der Waals surface area (Å²) >= 11 is 0. The predicted octanol–water partition coefficient (Wildman–Crippen LogP) is 2.54. The molecule has 1 aromatic carbocycles. The fourth-order valence-corrected chi connectivity index (χ4v) is 1.57. The van der Waals surface area contributed by atoms with E-state index in [0.29, 0.717) is 6.54 Å². The molecule has 4 heteroatoms. The van der Waals surface area contributed by atoms with Crippen LogP contribution in [0.2, 0.25) is 0 Å². The summed E-state index contributed by atoms with van der Waals surface area (Å²) in [5, 5.41) is 2.96. The minimum Gasteiger partial charge on any atom is -0.305 e. The van der Waals surface area contributed by atoms with Gasteiger partial charge in [0.15, 0.2) is 5.78 Å². The van der Waals surface area contributed by atoms with Gasteiger partial charge in [0.25, 0.3) is 0 Å². The molecule has 16 heavy (non-hydrogen) atoms. The van der Waals surface area contributed by atoms with Crippen LogP contribution in [0.3, 0.4) is 0 Å². The molecule has 0 spiro atoms. The van der Waals surface area contributed by atoms with Crippen molar-refractivity contribution in [2.75, 3.05) is 6.54 Å². The van der Waals surface area contributed by atoms with E-state index in [1.165, 1.54) is 0 Å². The second-order valence-electron chi connectivity index (χ2n) is 4.14. The molecule has 0 aromatic heterocycles. The molecule has 0 fully saturated rings. The minimum atomic E-state index is -0.824. The average Bonchev–Trinajstić information content (AvgIpc) is 2.14. The van der Waals surface area contributed by atoms with E-state index in [1.54, 1.807) is 13.8 Å². The van der Waals surface area contributed by atoms with Crippen molar-refractivity contribution in [1.82, 2.24) is 5.32 Å². The van der Waals surface area contributed by atoms with E-state index in [4.69, 9.17) is 0 Å². The zero-order valence-corrected chi connectivity index (χ0v) is 9.60. The van der Waals surface area contributed by atoms with E-state index in [-0.39, 0.29) is 11.3 Å². The molecule has 0 atom stereocenters. The smallest absolute Gasteiger partial charge is 0.182 e. The van der Waals surface area contributed by atoms with Crippen LogP contribution in [0, 0.1) is 11.6 Å². The van der Waals surface area contributed by atoms with Crippen LogP contribution in [-0.2, 0) is 0 Å². The van der Waals surface area contributed by atoms with E-state index in [2.05, 4.69) is 5.32 Å². The lowest BCUT2D eigenvalue weighted by atomic mass is 9.93. The highest BCUT2D eigenvalue weighted by molar-refractivity contribution is 6.02. The predicted molar refractivity (Wildman–Crippen MR) is 58.4 cm³/mol. The maximum Gasteiger partial charge on any atom is 0.182 e. The SMILES string of the molecule is CCNC(C)(C)C(=O)c1cc(F)cc(F)c1. The van der Waals surface area contributed by atoms with Gasteiger partial charge in [0, 0.05) is 11.6 Å². The summed E-state index contributed by atoms with van der Waals surface area (Å²) in [5.74, 6) is -1.81. The highest BCUT2D eigenvalue weighted by atomic mass is 19.1. The Kier molecular flexibility index (Phi) is 3.75. The molecule has 1 N–H and O–H groups in total. The molecule has 0 unspecified atom stereocenters. The van der Waals surface area contributed by atoms with Crippen molar-refractivity contribution in [3.8, 4) is 0 Å². The Morgan fingerprint density at radius 1 is 1.25 bits per heavy atom. The quantitative estimate of drug-likeness (QED) is 0.801. The van der Waals surface area contributed by atoms with Crippen LogP contribution in [-0.4, -0.2) is 17.9 Å². The van der Waals surface area contributed by atoms with Crippen molar-refractivity contribution in [3.63, 3.8) is 0 Å². The zero-order chi connectivity index (χ0) is 12.3. The van der Waals surface area contributed by atoms with Crippen molar-refractivity contribution in [2.24, 2.45) is 0 Å². The molecule has 0 heterocycles. The third-order valence-electron chi connectivity index (χ3n) is 2.31. The van der Waals surface area contributed by atoms with E-state index in [1.807, 2.05) is 6.92 Å². The second-order valence-corrected chi connectivity index (χ2v) is 4.14. The maximum atomic E-state index is 12.9. The molecule has 0 saturated carbocycles. The summed E-state index contributed by atoms with van der Waals surface area (Å²) in [6, 6.07) is 2.84. The first-order chi connectivity index (χ1) is 7.36. The molecular weight excluding hydrogens is 212 g/mol. The van der Waals surface area contributed by atoms with Crippen LogP contribution < -0.4 is 5.32 Å². The monoisotopic (exact) mass is 227 g/mol. The standard InChI is InChI=1S/C12H15F2NO/c1-4-15-12(2,3)11(16)8-5-9(13)7-10(14)6-8/h5-7,15H,4H2,1-3H3. The van der Waals surface area contributed by atoms with Crippen LogP contribution in [0.15, 0.2) is 18.2 Å². The lowest BCUT2D eigenvalue weighted by Gasteiger charge is -2.24. The van der Waals surface area contributed by atoms with Crippen LogP contribution in [0.25, 0.3) is 0 Å². The van der Waals surface area contributed by atoms with Crippen LogP contribution >= 0.6 is 0 Å². The number of carbonyl (C=O) groups excluding carboxylic acids is 1. The first-order valence-electron chi connectivity index (χ1n) is 5.12. The van der Waals surface area contributed by atoms with Gasteiger partial charge in [-0.15, -0.1) is 0 Å². The van der Waals surface area contributed by atoms with Crippen molar-refractivity contribution in [3.05, 3.63) is 35.4 Å². The summed E-state index contributed by atoms with van der Waals surface area (Å²) in [6.07, 6.45) is 0. The van der Waals surface area contributed by atoms with Crippen LogP contribution in [0.5, 0.6) is 0 Å². The first kappa shape index (κ1) is 12.8. The molecule has 1 aromatic rings. The number of carbonyl (C=O) groups is 1. The third-order valence-corrected chi connectivity index (χ3v) is 2.31. The van der Waals surface area contributed by atoms with E-state index in [9.17, 15) is 13.6 Å². The molecule has 88 valence electrons. The van der Waals surface area contributed by atoms with Crippen molar-refractivity contribution < 1.29 is 13.6 Å². The number of nitrogens with one attached hydrogen (secondary N) is 1. The zero-order valence-electron chi connectivity index (χ0n) is 9.60. The van der Waals surface area contributed by atoms with Crippen molar-refractivity contribution >= 4 is 5.78 Å². The summed E-state index contributed by atoms with van der Waals surface area (Å²) in [4.78, 5) is 12.0. The molecular formula is C12H15F2NO. The molecule has 0 aliphatic heterocycles. The summed E-state index contributed by atoms with van der Waals surface area (Å²) < 4.78 is 25.9. The number of likely N-dealkylation sites (N-methyl/N-ethyl adjacent to an activating group) is 1. The van der Waals surface area contributed by atoms with Gasteiger partial charge >= 0.3 is 0 Å². The van der Waals surface area contributed by atoms with Gasteiger partial charge in [-0.1, -0.05) is 6.92 Å². The van der Waals surface area contributed by atoms with E-state index >= 15 is 0 Å². The normalized spacial score (nSPS) is 11.6. The fraction of sp³-hybridized carbons (Fsp3) is 0.417. The number of benzene rings is 1. The molecule has 1 rings (SSSR count). The van der Waals surface area contributed by atoms with E-state index < -0.39 is 17.2 Å².